The van der Waals surface area contributed by atoms with Crippen LogP contribution in [0, 0.1) is 6.92 Å². The average Bonchev–Trinajstić information content (AvgIpc) is 2.87. The van der Waals surface area contributed by atoms with Gasteiger partial charge in [-0.3, -0.25) is 4.40 Å². The van der Waals surface area contributed by atoms with Crippen LogP contribution < -0.4 is 5.32 Å². The van der Waals surface area contributed by atoms with Gasteiger partial charge in [0.1, 0.15) is 17.8 Å². The van der Waals surface area contributed by atoms with E-state index < -0.39 is 0 Å². The standard InChI is InChI=1S/C13H13N5/c1-9-12(16-8-17-13(9)14-2)10-4-3-5-11-15-6-7-18(10)11/h3-8H,1-2H3,(H,14,16,17). The van der Waals surface area contributed by atoms with Gasteiger partial charge in [0.15, 0.2) is 0 Å². The lowest BCUT2D eigenvalue weighted by Gasteiger charge is -2.10. The van der Waals surface area contributed by atoms with Crippen molar-refractivity contribution in [2.24, 2.45) is 0 Å². The summed E-state index contributed by atoms with van der Waals surface area (Å²) in [6.45, 7) is 2.01. The number of anilines is 1. The monoisotopic (exact) mass is 239 g/mol. The molecule has 3 aromatic rings. The number of pyridine rings is 1. The molecule has 0 aliphatic carbocycles. The molecule has 0 amide bonds. The number of hydrogen-bond donors (Lipinski definition) is 1. The Balaban J connectivity index is 2.29. The molecule has 0 radical (unpaired) electrons. The molecule has 0 aliphatic rings. The molecule has 5 nitrogen and oxygen atoms in total. The van der Waals surface area contributed by atoms with E-state index in [0.717, 1.165) is 28.4 Å². The first-order chi connectivity index (χ1) is 8.81. The molecule has 3 heterocycles. The number of rotatable bonds is 2. The predicted octanol–water partition coefficient (Wildman–Crippen LogP) is 2.14. The number of imidazole rings is 1. The summed E-state index contributed by atoms with van der Waals surface area (Å²) in [6, 6.07) is 5.99. The quantitative estimate of drug-likeness (QED) is 0.744. The lowest BCUT2D eigenvalue weighted by molar-refractivity contribution is 1.09. The Kier molecular flexibility index (Phi) is 2.44. The van der Waals surface area contributed by atoms with Crippen molar-refractivity contribution >= 4 is 11.5 Å². The van der Waals surface area contributed by atoms with Crippen molar-refractivity contribution in [1.82, 2.24) is 19.4 Å². The Labute approximate surface area is 105 Å². The maximum Gasteiger partial charge on any atom is 0.137 e. The maximum absolute atomic E-state index is 4.39. The minimum Gasteiger partial charge on any atom is -0.373 e. The zero-order valence-electron chi connectivity index (χ0n) is 10.3. The van der Waals surface area contributed by atoms with Crippen molar-refractivity contribution in [3.8, 4) is 11.4 Å². The van der Waals surface area contributed by atoms with Gasteiger partial charge in [-0.2, -0.15) is 0 Å². The minimum atomic E-state index is 0.845. The van der Waals surface area contributed by atoms with Crippen LogP contribution in [-0.4, -0.2) is 26.4 Å². The molecule has 0 aromatic carbocycles. The first-order valence-electron chi connectivity index (χ1n) is 5.73. The van der Waals surface area contributed by atoms with Crippen molar-refractivity contribution in [3.63, 3.8) is 0 Å². The second-order valence-corrected chi connectivity index (χ2v) is 4.01. The molecule has 0 fully saturated rings. The molecule has 0 saturated heterocycles. The van der Waals surface area contributed by atoms with Crippen LogP contribution in [0.2, 0.25) is 0 Å². The van der Waals surface area contributed by atoms with Crippen LogP contribution in [0.4, 0.5) is 5.82 Å². The van der Waals surface area contributed by atoms with Gasteiger partial charge in [-0.15, -0.1) is 0 Å². The summed E-state index contributed by atoms with van der Waals surface area (Å²) in [4.78, 5) is 12.9. The number of nitrogens with zero attached hydrogens (tertiary/aromatic N) is 4. The van der Waals surface area contributed by atoms with Crippen molar-refractivity contribution in [1.29, 1.82) is 0 Å². The third kappa shape index (κ3) is 1.52. The molecule has 0 bridgehead atoms. The van der Waals surface area contributed by atoms with Crippen molar-refractivity contribution in [2.75, 3.05) is 12.4 Å². The Hall–Kier alpha value is -2.43. The third-order valence-corrected chi connectivity index (χ3v) is 2.99. The van der Waals surface area contributed by atoms with E-state index in [-0.39, 0.29) is 0 Å². The van der Waals surface area contributed by atoms with E-state index in [1.165, 1.54) is 0 Å². The second-order valence-electron chi connectivity index (χ2n) is 4.01. The highest BCUT2D eigenvalue weighted by Gasteiger charge is 2.10. The van der Waals surface area contributed by atoms with Crippen LogP contribution in [0.3, 0.4) is 0 Å². The molecule has 0 unspecified atom stereocenters. The topological polar surface area (TPSA) is 55.1 Å². The van der Waals surface area contributed by atoms with E-state index in [0.29, 0.717) is 0 Å². The Morgan fingerprint density at radius 2 is 2.06 bits per heavy atom. The van der Waals surface area contributed by atoms with Crippen LogP contribution >= 0.6 is 0 Å². The molecule has 3 rings (SSSR count). The molecule has 5 heteroatoms. The number of aromatic nitrogens is 4. The third-order valence-electron chi connectivity index (χ3n) is 2.99. The zero-order chi connectivity index (χ0) is 12.5. The number of hydrogen-bond acceptors (Lipinski definition) is 4. The second kappa shape index (κ2) is 4.10. The molecular weight excluding hydrogens is 226 g/mol. The van der Waals surface area contributed by atoms with E-state index in [4.69, 9.17) is 0 Å². The maximum atomic E-state index is 4.39. The zero-order valence-corrected chi connectivity index (χ0v) is 10.3. The lowest BCUT2D eigenvalue weighted by Crippen LogP contribution is -2.01. The molecule has 1 N–H and O–H groups in total. The fourth-order valence-electron chi connectivity index (χ4n) is 2.10. The average molecular weight is 239 g/mol. The molecule has 90 valence electrons. The van der Waals surface area contributed by atoms with Gasteiger partial charge in [0.2, 0.25) is 0 Å². The highest BCUT2D eigenvalue weighted by atomic mass is 15.0. The summed E-state index contributed by atoms with van der Waals surface area (Å²) in [5.74, 6) is 0.845. The molecule has 0 saturated carbocycles. The normalized spacial score (nSPS) is 10.8. The molecule has 0 aliphatic heterocycles. The number of fused-ring (bicyclic) bond motifs is 1. The summed E-state index contributed by atoms with van der Waals surface area (Å²) < 4.78 is 2.02. The van der Waals surface area contributed by atoms with Gasteiger partial charge in [-0.1, -0.05) is 6.07 Å². The van der Waals surface area contributed by atoms with Crippen molar-refractivity contribution < 1.29 is 0 Å². The van der Waals surface area contributed by atoms with Gasteiger partial charge in [-0.25, -0.2) is 15.0 Å². The van der Waals surface area contributed by atoms with Crippen molar-refractivity contribution in [2.45, 2.75) is 6.92 Å². The van der Waals surface area contributed by atoms with E-state index in [1.54, 1.807) is 12.5 Å². The summed E-state index contributed by atoms with van der Waals surface area (Å²) in [5.41, 5.74) is 3.87. The van der Waals surface area contributed by atoms with Gasteiger partial charge in [0, 0.05) is 25.0 Å². The summed E-state index contributed by atoms with van der Waals surface area (Å²) in [5, 5.41) is 3.07. The van der Waals surface area contributed by atoms with E-state index in [1.807, 2.05) is 42.8 Å². The van der Waals surface area contributed by atoms with Gasteiger partial charge in [-0.05, 0) is 19.1 Å². The first kappa shape index (κ1) is 10.7. The van der Waals surface area contributed by atoms with E-state index >= 15 is 0 Å². The van der Waals surface area contributed by atoms with Crippen LogP contribution in [0.15, 0.2) is 36.9 Å². The summed E-state index contributed by atoms with van der Waals surface area (Å²) in [7, 11) is 1.86. The minimum absolute atomic E-state index is 0.845. The highest BCUT2D eigenvalue weighted by Crippen LogP contribution is 2.24. The summed E-state index contributed by atoms with van der Waals surface area (Å²) in [6.07, 6.45) is 5.30. The Bertz CT molecular complexity index is 701. The van der Waals surface area contributed by atoms with Crippen LogP contribution in [0.1, 0.15) is 5.56 Å². The van der Waals surface area contributed by atoms with Gasteiger partial charge < -0.3 is 5.32 Å². The Morgan fingerprint density at radius 3 is 2.89 bits per heavy atom. The highest BCUT2D eigenvalue weighted by molar-refractivity contribution is 5.67. The largest absolute Gasteiger partial charge is 0.373 e. The van der Waals surface area contributed by atoms with Crippen LogP contribution in [-0.2, 0) is 0 Å². The molecule has 0 atom stereocenters. The van der Waals surface area contributed by atoms with Crippen LogP contribution in [0.5, 0.6) is 0 Å². The molecular formula is C13H13N5. The first-order valence-corrected chi connectivity index (χ1v) is 5.73. The molecule has 18 heavy (non-hydrogen) atoms. The van der Waals surface area contributed by atoms with E-state index in [2.05, 4.69) is 20.3 Å². The summed E-state index contributed by atoms with van der Waals surface area (Å²) >= 11 is 0. The lowest BCUT2D eigenvalue weighted by atomic mass is 10.1. The fraction of sp³-hybridized carbons (Fsp3) is 0.154. The smallest absolute Gasteiger partial charge is 0.137 e. The molecule has 3 aromatic heterocycles. The number of nitrogens with one attached hydrogen (secondary N) is 1. The fourth-order valence-corrected chi connectivity index (χ4v) is 2.10. The van der Waals surface area contributed by atoms with Crippen LogP contribution in [0.25, 0.3) is 17.0 Å². The van der Waals surface area contributed by atoms with E-state index in [9.17, 15) is 0 Å². The SMILES string of the molecule is CNc1ncnc(-c2cccc3nccn23)c1C. The predicted molar refractivity (Wildman–Crippen MR) is 70.5 cm³/mol. The Morgan fingerprint density at radius 1 is 1.17 bits per heavy atom. The van der Waals surface area contributed by atoms with Gasteiger partial charge in [0.25, 0.3) is 0 Å². The van der Waals surface area contributed by atoms with Gasteiger partial charge >= 0.3 is 0 Å². The van der Waals surface area contributed by atoms with Crippen molar-refractivity contribution in [3.05, 3.63) is 42.5 Å². The van der Waals surface area contributed by atoms with Gasteiger partial charge in [0.05, 0.1) is 11.4 Å². The molecule has 0 spiro atoms.